The molecule has 5 rings (SSSR count). The number of likely N-dealkylation sites (tertiary alicyclic amines) is 1. The second-order valence-corrected chi connectivity index (χ2v) is 12.0. The van der Waals surface area contributed by atoms with E-state index in [1.54, 1.807) is 31.3 Å². The summed E-state index contributed by atoms with van der Waals surface area (Å²) < 4.78 is 69.6. The zero-order valence-electron chi connectivity index (χ0n) is 20.1. The van der Waals surface area contributed by atoms with Crippen LogP contribution in [-0.2, 0) is 21.2 Å². The van der Waals surface area contributed by atoms with E-state index >= 15 is 4.39 Å². The molecule has 1 aromatic heterocycles. The number of hydrogen-bond acceptors (Lipinski definition) is 8. The first-order valence-corrected chi connectivity index (χ1v) is 13.6. The molecule has 1 amide bonds. The van der Waals surface area contributed by atoms with Gasteiger partial charge in [0.25, 0.3) is 5.92 Å². The zero-order chi connectivity index (χ0) is 27.4. The Morgan fingerprint density at radius 3 is 2.61 bits per heavy atom. The van der Waals surface area contributed by atoms with Crippen LogP contribution in [0.4, 0.5) is 18.9 Å². The number of likely N-dealkylation sites (N-methyl/N-ethyl adjacent to an activating group) is 1. The topological polar surface area (TPSA) is 127 Å². The van der Waals surface area contributed by atoms with Gasteiger partial charge in [0.05, 0.1) is 47.1 Å². The highest BCUT2D eigenvalue weighted by molar-refractivity contribution is 7.91. The third kappa shape index (κ3) is 5.13. The summed E-state index contributed by atoms with van der Waals surface area (Å²) in [5.41, 5.74) is 6.19. The lowest BCUT2D eigenvalue weighted by atomic mass is 10.0. The average Bonchev–Trinajstić information content (AvgIpc) is 3.30. The van der Waals surface area contributed by atoms with Crippen molar-refractivity contribution in [1.29, 1.82) is 0 Å². The van der Waals surface area contributed by atoms with Crippen molar-refractivity contribution >= 4 is 33.0 Å². The van der Waals surface area contributed by atoms with Crippen LogP contribution in [0.25, 0.3) is 11.4 Å². The smallest absolute Gasteiger partial charge is 0.262 e. The highest BCUT2D eigenvalue weighted by Crippen LogP contribution is 2.37. The molecule has 0 saturated carbocycles. The predicted molar refractivity (Wildman–Crippen MR) is 132 cm³/mol. The summed E-state index contributed by atoms with van der Waals surface area (Å²) in [6.45, 7) is -0.239. The fourth-order valence-electron chi connectivity index (χ4n) is 4.76. The predicted octanol–water partition coefficient (Wildman–Crippen LogP) is 2.29. The maximum atomic E-state index is 15.3. The second kappa shape index (κ2) is 9.59. The summed E-state index contributed by atoms with van der Waals surface area (Å²) in [6.07, 6.45) is -0.515. The number of rotatable bonds is 4. The second-order valence-electron chi connectivity index (χ2n) is 9.58. The molecular weight excluding hydrogens is 547 g/mol. The van der Waals surface area contributed by atoms with Gasteiger partial charge >= 0.3 is 0 Å². The number of hydrogen-bond donors (Lipinski definition) is 1. The first-order valence-electron chi connectivity index (χ1n) is 11.6. The Bertz CT molecular complexity index is 1500. The number of aromatic nitrogens is 4. The van der Waals surface area contributed by atoms with Crippen LogP contribution in [0, 0.1) is 5.82 Å². The number of carbonyl (C=O) groups is 1. The van der Waals surface area contributed by atoms with Gasteiger partial charge in [-0.25, -0.2) is 21.6 Å². The monoisotopic (exact) mass is 569 g/mol. The van der Waals surface area contributed by atoms with Gasteiger partial charge in [0.1, 0.15) is 5.82 Å². The van der Waals surface area contributed by atoms with Crippen molar-refractivity contribution in [2.75, 3.05) is 30.8 Å². The molecule has 3 heterocycles. The van der Waals surface area contributed by atoms with Gasteiger partial charge in [-0.3, -0.25) is 9.69 Å². The SMILES string of the molecule is CN1CC(n2nnc(-c3cc4c(cc3F)S(=O)(=O)C[C@H](N)C(=O)N4Cc3ccc(Cl)cc3)n2)CC(F)(F)C1. The van der Waals surface area contributed by atoms with Gasteiger partial charge in [0, 0.05) is 18.0 Å². The van der Waals surface area contributed by atoms with E-state index in [-0.39, 0.29) is 30.2 Å². The Kier molecular flexibility index (Phi) is 6.70. The summed E-state index contributed by atoms with van der Waals surface area (Å²) in [5.74, 6) is -5.56. The number of sulfone groups is 1. The Balaban J connectivity index is 1.58. The first-order chi connectivity index (χ1) is 17.8. The number of nitrogens with zero attached hydrogens (tertiary/aromatic N) is 6. The molecule has 3 aromatic rings. The molecule has 0 radical (unpaired) electrons. The lowest BCUT2D eigenvalue weighted by Gasteiger charge is -2.34. The number of tetrazole rings is 1. The van der Waals surface area contributed by atoms with Crippen LogP contribution >= 0.6 is 11.6 Å². The van der Waals surface area contributed by atoms with Gasteiger partial charge in [-0.05, 0) is 42.1 Å². The largest absolute Gasteiger partial charge is 0.319 e. The van der Waals surface area contributed by atoms with E-state index in [9.17, 15) is 22.0 Å². The van der Waals surface area contributed by atoms with Crippen molar-refractivity contribution < 1.29 is 26.4 Å². The lowest BCUT2D eigenvalue weighted by molar-refractivity contribution is -0.119. The van der Waals surface area contributed by atoms with Crippen molar-refractivity contribution in [3.63, 3.8) is 0 Å². The zero-order valence-corrected chi connectivity index (χ0v) is 21.6. The number of nitrogens with two attached hydrogens (primary N) is 1. The quantitative estimate of drug-likeness (QED) is 0.507. The highest BCUT2D eigenvalue weighted by atomic mass is 35.5. The third-order valence-electron chi connectivity index (χ3n) is 6.46. The minimum atomic E-state index is -4.14. The van der Waals surface area contributed by atoms with Crippen molar-refractivity contribution in [3.05, 3.63) is 52.8 Å². The van der Waals surface area contributed by atoms with Gasteiger partial charge in [-0.2, -0.15) is 4.80 Å². The maximum Gasteiger partial charge on any atom is 0.262 e. The van der Waals surface area contributed by atoms with Gasteiger partial charge in [0.15, 0.2) is 9.84 Å². The Morgan fingerprint density at radius 2 is 1.92 bits per heavy atom. The van der Waals surface area contributed by atoms with Crippen LogP contribution in [0.3, 0.4) is 0 Å². The first kappa shape index (κ1) is 26.5. The van der Waals surface area contributed by atoms with Crippen LogP contribution in [0.1, 0.15) is 18.0 Å². The van der Waals surface area contributed by atoms with E-state index in [1.165, 1.54) is 4.90 Å². The number of carbonyl (C=O) groups excluding carboxylic acids is 1. The molecule has 15 heteroatoms. The number of alkyl halides is 2. The molecule has 1 saturated heterocycles. The fourth-order valence-corrected chi connectivity index (χ4v) is 6.45. The highest BCUT2D eigenvalue weighted by Gasteiger charge is 2.41. The van der Waals surface area contributed by atoms with E-state index in [2.05, 4.69) is 15.4 Å². The molecular formula is C23H23ClF3N7O3S. The van der Waals surface area contributed by atoms with Crippen molar-refractivity contribution in [3.8, 4) is 11.4 Å². The molecule has 0 bridgehead atoms. The van der Waals surface area contributed by atoms with E-state index in [4.69, 9.17) is 17.3 Å². The number of anilines is 1. The van der Waals surface area contributed by atoms with Gasteiger partial charge in [-0.15, -0.1) is 10.2 Å². The molecule has 0 spiro atoms. The molecule has 2 atom stereocenters. The van der Waals surface area contributed by atoms with Crippen molar-refractivity contribution in [2.45, 2.75) is 35.9 Å². The minimum absolute atomic E-state index is 0.0685. The number of benzene rings is 2. The van der Waals surface area contributed by atoms with Crippen LogP contribution in [0.15, 0.2) is 41.3 Å². The number of piperidine rings is 1. The number of amides is 1. The number of halogens is 4. The van der Waals surface area contributed by atoms with Crippen molar-refractivity contribution in [2.24, 2.45) is 5.73 Å². The van der Waals surface area contributed by atoms with Crippen LogP contribution < -0.4 is 10.6 Å². The molecule has 0 aliphatic carbocycles. The van der Waals surface area contributed by atoms with Crippen LogP contribution in [-0.4, -0.2) is 77.3 Å². The molecule has 2 aliphatic rings. The Morgan fingerprint density at radius 1 is 1.21 bits per heavy atom. The van der Waals surface area contributed by atoms with Crippen LogP contribution in [0.2, 0.25) is 5.02 Å². The van der Waals surface area contributed by atoms with E-state index in [1.807, 2.05) is 0 Å². The van der Waals surface area contributed by atoms with E-state index in [0.29, 0.717) is 10.6 Å². The van der Waals surface area contributed by atoms with Gasteiger partial charge in [0.2, 0.25) is 11.7 Å². The Hall–Kier alpha value is -3.07. The van der Waals surface area contributed by atoms with Crippen LogP contribution in [0.5, 0.6) is 0 Å². The third-order valence-corrected chi connectivity index (χ3v) is 8.51. The fraction of sp³-hybridized carbons (Fsp3) is 0.391. The van der Waals surface area contributed by atoms with Crippen molar-refractivity contribution in [1.82, 2.24) is 25.1 Å². The van der Waals surface area contributed by atoms with E-state index < -0.39 is 63.2 Å². The van der Waals surface area contributed by atoms with E-state index in [0.717, 1.165) is 21.8 Å². The molecule has 1 fully saturated rings. The molecule has 10 nitrogen and oxygen atoms in total. The maximum absolute atomic E-state index is 15.3. The summed E-state index contributed by atoms with van der Waals surface area (Å²) in [6, 6.07) is 6.30. The average molecular weight is 570 g/mol. The standard InChI is InChI=1S/C23H23ClF3N7O3S/c1-32-10-15(8-23(26,27)12-32)34-30-21(29-31-34)16-6-19-20(7-17(16)25)38(36,37)11-18(28)22(35)33(19)9-13-2-4-14(24)5-3-13/h2-7,15,18H,8-12,28H2,1H3/t15?,18-/m0/s1. The lowest BCUT2D eigenvalue weighted by Crippen LogP contribution is -2.46. The molecule has 1 unspecified atom stereocenters. The van der Waals surface area contributed by atoms with Gasteiger partial charge < -0.3 is 10.6 Å². The molecule has 2 aliphatic heterocycles. The summed E-state index contributed by atoms with van der Waals surface area (Å²) in [7, 11) is -2.60. The summed E-state index contributed by atoms with van der Waals surface area (Å²) in [4.78, 5) is 16.4. The summed E-state index contributed by atoms with van der Waals surface area (Å²) >= 11 is 5.95. The number of fused-ring (bicyclic) bond motifs is 1. The summed E-state index contributed by atoms with van der Waals surface area (Å²) in [5, 5.41) is 12.3. The molecule has 2 N–H and O–H groups in total. The normalized spacial score (nSPS) is 23.2. The molecule has 38 heavy (non-hydrogen) atoms. The minimum Gasteiger partial charge on any atom is -0.319 e. The molecule has 202 valence electrons. The molecule has 2 aromatic carbocycles. The Labute approximate surface area is 221 Å². The van der Waals surface area contributed by atoms with Gasteiger partial charge in [-0.1, -0.05) is 23.7 Å².